The Morgan fingerprint density at radius 2 is 1.67 bits per heavy atom. The molecule has 0 saturated heterocycles. The summed E-state index contributed by atoms with van der Waals surface area (Å²) in [5, 5.41) is 0. The first-order chi connectivity index (χ1) is 11.1. The van der Waals surface area contributed by atoms with Gasteiger partial charge in [0.25, 0.3) is 0 Å². The average Bonchev–Trinajstić information content (AvgIpc) is 3.20. The molecule has 1 N–H and O–H groups in total. The lowest BCUT2D eigenvalue weighted by atomic mass is 10.1. The molecule has 0 saturated carbocycles. The highest BCUT2D eigenvalue weighted by atomic mass is 15.0. The van der Waals surface area contributed by atoms with Crippen LogP contribution >= 0.6 is 0 Å². The normalized spacial score (nSPS) is 10.2. The van der Waals surface area contributed by atoms with Crippen LogP contribution in [0, 0.1) is 0 Å². The van der Waals surface area contributed by atoms with Crippen LogP contribution in [0.25, 0.3) is 0 Å². The van der Waals surface area contributed by atoms with Crippen LogP contribution in [0.2, 0.25) is 0 Å². The molecule has 0 unspecified atom stereocenters. The lowest BCUT2D eigenvalue weighted by Gasteiger charge is -2.11. The van der Waals surface area contributed by atoms with E-state index in [1.165, 1.54) is 11.3 Å². The lowest BCUT2D eigenvalue weighted by molar-refractivity contribution is 0.693. The van der Waals surface area contributed by atoms with E-state index in [0.717, 1.165) is 12.4 Å². The quantitative estimate of drug-likeness (QED) is 0.643. The second-order valence-corrected chi connectivity index (χ2v) is 6.33. The maximum absolute atomic E-state index is 4.06. The molecule has 3 rings (SSSR count). The van der Waals surface area contributed by atoms with Crippen LogP contribution in [0.3, 0.4) is 0 Å². The molecule has 0 spiro atoms. The summed E-state index contributed by atoms with van der Waals surface area (Å²) >= 11 is 0. The van der Waals surface area contributed by atoms with E-state index in [4.69, 9.17) is 0 Å². The zero-order valence-electron chi connectivity index (χ0n) is 14.5. The molecule has 3 nitrogen and oxygen atoms in total. The number of hydrogen-bond acceptors (Lipinski definition) is 1. The molecule has 24 heavy (non-hydrogen) atoms. The van der Waals surface area contributed by atoms with Crippen molar-refractivity contribution in [2.24, 2.45) is 0 Å². The summed E-state index contributed by atoms with van der Waals surface area (Å²) in [7, 11) is 0. The minimum Gasteiger partial charge on any atom is -0.348 e. The van der Waals surface area contributed by atoms with Crippen LogP contribution in [0.5, 0.6) is 0 Å². The summed E-state index contributed by atoms with van der Waals surface area (Å²) in [5.41, 5.74) is 2.76. The maximum atomic E-state index is 4.06. The van der Waals surface area contributed by atoms with Crippen molar-refractivity contribution in [2.45, 2.75) is 53.5 Å². The van der Waals surface area contributed by atoms with Crippen LogP contribution in [-0.2, 0) is 6.54 Å². The highest BCUT2D eigenvalue weighted by Crippen LogP contribution is 2.16. The minimum atomic E-state index is 0. The summed E-state index contributed by atoms with van der Waals surface area (Å²) in [6.45, 7) is 9.66. The van der Waals surface area contributed by atoms with Gasteiger partial charge in [-0.25, -0.2) is 4.98 Å². The summed E-state index contributed by atoms with van der Waals surface area (Å²) in [4.78, 5) is 7.09. The number of rotatable bonds is 4. The second-order valence-electron chi connectivity index (χ2n) is 6.33. The van der Waals surface area contributed by atoms with Crippen molar-refractivity contribution in [2.75, 3.05) is 0 Å². The van der Waals surface area contributed by atoms with Gasteiger partial charge < -0.3 is 9.55 Å². The standard InChI is InChI=1S/C14H17N.C6H10N2.CH4/c1-12(2)14-9-6-10-15(14)11-13-7-4-3-5-8-13;1-5(2)6-7-3-4-8-6;/h3-10,12H,11H2,1-2H3;3-5H,1-2H3,(H,7,8);1H4. The van der Waals surface area contributed by atoms with E-state index >= 15 is 0 Å². The van der Waals surface area contributed by atoms with Gasteiger partial charge in [0.1, 0.15) is 5.82 Å². The Morgan fingerprint density at radius 3 is 2.17 bits per heavy atom. The fourth-order valence-electron chi connectivity index (χ4n) is 2.47. The van der Waals surface area contributed by atoms with E-state index in [9.17, 15) is 0 Å². The average molecular weight is 326 g/mol. The number of H-pyrrole nitrogens is 1. The molecule has 2 heterocycles. The van der Waals surface area contributed by atoms with Gasteiger partial charge in [-0.2, -0.15) is 0 Å². The molecular formula is C21H31N3. The lowest BCUT2D eigenvalue weighted by Crippen LogP contribution is -2.04. The third-order valence-electron chi connectivity index (χ3n) is 3.72. The zero-order chi connectivity index (χ0) is 16.7. The van der Waals surface area contributed by atoms with Crippen molar-refractivity contribution in [3.05, 3.63) is 78.1 Å². The van der Waals surface area contributed by atoms with Crippen molar-refractivity contribution >= 4 is 0 Å². The van der Waals surface area contributed by atoms with Gasteiger partial charge in [0.15, 0.2) is 0 Å². The Balaban J connectivity index is 0.000000273. The van der Waals surface area contributed by atoms with Crippen molar-refractivity contribution in [3.63, 3.8) is 0 Å². The van der Waals surface area contributed by atoms with E-state index in [-0.39, 0.29) is 7.43 Å². The smallest absolute Gasteiger partial charge is 0.108 e. The van der Waals surface area contributed by atoms with Crippen molar-refractivity contribution in [3.8, 4) is 0 Å². The van der Waals surface area contributed by atoms with Crippen LogP contribution in [0.1, 0.15) is 64.0 Å². The van der Waals surface area contributed by atoms with Gasteiger partial charge in [0.05, 0.1) is 0 Å². The topological polar surface area (TPSA) is 33.6 Å². The highest BCUT2D eigenvalue weighted by molar-refractivity contribution is 5.18. The van der Waals surface area contributed by atoms with Crippen molar-refractivity contribution < 1.29 is 0 Å². The first-order valence-electron chi connectivity index (χ1n) is 8.26. The number of aromatic amines is 1. The first kappa shape index (κ1) is 19.8. The Morgan fingerprint density at radius 1 is 0.958 bits per heavy atom. The fraction of sp³-hybridized carbons (Fsp3) is 0.381. The summed E-state index contributed by atoms with van der Waals surface area (Å²) < 4.78 is 2.32. The molecule has 3 heteroatoms. The van der Waals surface area contributed by atoms with E-state index in [0.29, 0.717) is 11.8 Å². The van der Waals surface area contributed by atoms with Crippen molar-refractivity contribution in [1.29, 1.82) is 0 Å². The molecule has 0 radical (unpaired) electrons. The number of imidazole rings is 1. The summed E-state index contributed by atoms with van der Waals surface area (Å²) in [5.74, 6) is 2.17. The zero-order valence-corrected chi connectivity index (χ0v) is 14.5. The van der Waals surface area contributed by atoms with Crippen LogP contribution < -0.4 is 0 Å². The first-order valence-corrected chi connectivity index (χ1v) is 8.26. The predicted octanol–water partition coefficient (Wildman–Crippen LogP) is 5.83. The summed E-state index contributed by atoms with van der Waals surface area (Å²) in [6, 6.07) is 14.9. The largest absolute Gasteiger partial charge is 0.348 e. The van der Waals surface area contributed by atoms with Gasteiger partial charge in [-0.1, -0.05) is 65.5 Å². The molecule has 0 fully saturated rings. The van der Waals surface area contributed by atoms with Crippen LogP contribution in [0.15, 0.2) is 61.1 Å². The predicted molar refractivity (Wildman–Crippen MR) is 103 cm³/mol. The SMILES string of the molecule is C.CC(C)c1cccn1Cc1ccccc1.CC(C)c1ncc[nH]1. The minimum absolute atomic E-state index is 0. The van der Waals surface area contributed by atoms with E-state index in [1.54, 1.807) is 6.20 Å². The molecule has 1 aromatic carbocycles. The third-order valence-corrected chi connectivity index (χ3v) is 3.72. The van der Waals surface area contributed by atoms with Gasteiger partial charge in [-0.05, 0) is 23.6 Å². The van der Waals surface area contributed by atoms with Crippen molar-refractivity contribution in [1.82, 2.24) is 14.5 Å². The monoisotopic (exact) mass is 325 g/mol. The Kier molecular flexibility index (Phi) is 8.03. The van der Waals surface area contributed by atoms with E-state index < -0.39 is 0 Å². The molecule has 0 amide bonds. The Bertz CT molecular complexity index is 664. The van der Waals surface area contributed by atoms with Gasteiger partial charge in [-0.3, -0.25) is 0 Å². The molecule has 130 valence electrons. The molecule has 0 aliphatic rings. The van der Waals surface area contributed by atoms with Gasteiger partial charge in [-0.15, -0.1) is 0 Å². The van der Waals surface area contributed by atoms with Crippen LogP contribution in [0.4, 0.5) is 0 Å². The fourth-order valence-corrected chi connectivity index (χ4v) is 2.47. The Labute approximate surface area is 146 Å². The molecule has 0 bridgehead atoms. The summed E-state index contributed by atoms with van der Waals surface area (Å²) in [6.07, 6.45) is 5.77. The number of nitrogens with one attached hydrogen (secondary N) is 1. The number of nitrogens with zero attached hydrogens (tertiary/aromatic N) is 2. The number of benzene rings is 1. The van der Waals surface area contributed by atoms with Gasteiger partial charge >= 0.3 is 0 Å². The van der Waals surface area contributed by atoms with Gasteiger partial charge in [0.2, 0.25) is 0 Å². The number of hydrogen-bond donors (Lipinski definition) is 1. The molecule has 2 aromatic heterocycles. The van der Waals surface area contributed by atoms with E-state index in [1.807, 2.05) is 6.20 Å². The maximum Gasteiger partial charge on any atom is 0.108 e. The molecule has 0 atom stereocenters. The number of aromatic nitrogens is 3. The molecule has 3 aromatic rings. The highest BCUT2D eigenvalue weighted by Gasteiger charge is 2.04. The Hall–Kier alpha value is -2.29. The molecule has 0 aliphatic carbocycles. The molecule has 0 aliphatic heterocycles. The van der Waals surface area contributed by atoms with Gasteiger partial charge in [0, 0.05) is 36.7 Å². The van der Waals surface area contributed by atoms with Crippen LogP contribution in [-0.4, -0.2) is 14.5 Å². The third kappa shape index (κ3) is 5.73. The van der Waals surface area contributed by atoms with E-state index in [2.05, 4.69) is 90.9 Å². The molecular weight excluding hydrogens is 294 g/mol. The second kappa shape index (κ2) is 9.76.